The van der Waals surface area contributed by atoms with Crippen LogP contribution in [0.5, 0.6) is 0 Å². The zero-order chi connectivity index (χ0) is 45.7. The number of carbonyl (C=O) groups excluding carboxylic acids is 4. The molecule has 4 N–H and O–H groups in total. The van der Waals surface area contributed by atoms with E-state index in [1.807, 2.05) is 18.2 Å². The van der Waals surface area contributed by atoms with Crippen molar-refractivity contribution in [3.8, 4) is 0 Å². The second-order valence-corrected chi connectivity index (χ2v) is 21.0. The standard InChI is InChI=1S/C43H57F4N7O8S.4H2/c1-6-28-22-42(28,38(57)51-63(59,60)41(5)9-10-41)50-36(55)34-21-33(25-54(34)37(56)35(40(2,3)4)49-32-19-29(43(45,46)47)18-30(44)20-32)62-39(58)53-23-26-7-8-31(17-27(26)24-53)48-11-12-52-13-15-61-16-14-52;;;;/h7-8,17-20,28,33-35,48-49H,6,9-16,21-25H2,1-5H3,(H,50,55)(H,51,57);4*1H/t28-,33-,34+,35-,42-;;;;/m1..../s1. The first-order valence-corrected chi connectivity index (χ1v) is 23.0. The van der Waals surface area contributed by atoms with E-state index >= 15 is 0 Å². The Morgan fingerprint density at radius 2 is 1.70 bits per heavy atom. The number of amides is 4. The number of nitrogens with one attached hydrogen (secondary N) is 4. The molecule has 2 aliphatic carbocycles. The third-order valence-corrected chi connectivity index (χ3v) is 15.2. The molecule has 15 nitrogen and oxygen atoms in total. The van der Waals surface area contributed by atoms with Gasteiger partial charge in [-0.15, -0.1) is 0 Å². The minimum Gasteiger partial charge on any atom is -0.444 e. The average Bonchev–Trinajstić information content (AvgIpc) is 4.03. The number of halogens is 4. The van der Waals surface area contributed by atoms with Gasteiger partial charge in [0.2, 0.25) is 21.8 Å². The summed E-state index contributed by atoms with van der Waals surface area (Å²) in [6, 6.07) is 5.03. The monoisotopic (exact) mass is 915 g/mol. The van der Waals surface area contributed by atoms with Crippen LogP contribution >= 0.6 is 0 Å². The summed E-state index contributed by atoms with van der Waals surface area (Å²) in [5.74, 6) is -4.05. The number of anilines is 2. The Balaban J connectivity index is 0.00000298. The summed E-state index contributed by atoms with van der Waals surface area (Å²) in [5, 5.41) is 8.96. The van der Waals surface area contributed by atoms with Gasteiger partial charge in [-0.2, -0.15) is 13.2 Å². The molecule has 3 heterocycles. The van der Waals surface area contributed by atoms with Gasteiger partial charge in [-0.3, -0.25) is 28.9 Å². The van der Waals surface area contributed by atoms with Crippen molar-refractivity contribution in [3.05, 3.63) is 58.9 Å². The van der Waals surface area contributed by atoms with Gasteiger partial charge in [-0.05, 0) is 79.0 Å². The molecular weight excluding hydrogens is 851 g/mol. The van der Waals surface area contributed by atoms with Crippen molar-refractivity contribution in [2.24, 2.45) is 11.3 Å². The van der Waals surface area contributed by atoms with Gasteiger partial charge < -0.3 is 30.3 Å². The predicted molar refractivity (Wildman–Crippen MR) is 233 cm³/mol. The lowest BCUT2D eigenvalue weighted by Gasteiger charge is -2.36. The van der Waals surface area contributed by atoms with Gasteiger partial charge in [0.05, 0.1) is 30.1 Å². The molecule has 4 fully saturated rings. The smallest absolute Gasteiger partial charge is 0.416 e. The van der Waals surface area contributed by atoms with Crippen molar-refractivity contribution in [2.75, 3.05) is 56.6 Å². The third kappa shape index (κ3) is 10.2. The maximum Gasteiger partial charge on any atom is 0.416 e. The molecule has 7 rings (SSSR count). The summed E-state index contributed by atoms with van der Waals surface area (Å²) in [4.78, 5) is 61.6. The Labute approximate surface area is 370 Å². The molecule has 0 spiro atoms. The van der Waals surface area contributed by atoms with Gasteiger partial charge in [0.25, 0.3) is 5.91 Å². The fourth-order valence-electron chi connectivity index (χ4n) is 8.62. The van der Waals surface area contributed by atoms with E-state index in [-0.39, 0.29) is 43.9 Å². The van der Waals surface area contributed by atoms with Gasteiger partial charge >= 0.3 is 12.3 Å². The van der Waals surface area contributed by atoms with Gasteiger partial charge in [0.1, 0.15) is 29.5 Å². The summed E-state index contributed by atoms with van der Waals surface area (Å²) in [6.45, 7) is 13.2. The first kappa shape index (κ1) is 46.3. The van der Waals surface area contributed by atoms with E-state index in [0.717, 1.165) is 54.0 Å². The molecule has 3 aliphatic heterocycles. The number of ether oxygens (including phenoxy) is 2. The minimum atomic E-state index is -4.88. The maximum absolute atomic E-state index is 14.7. The molecule has 5 aliphatic rings. The summed E-state index contributed by atoms with van der Waals surface area (Å²) in [6.07, 6.45) is -5.51. The first-order chi connectivity index (χ1) is 29.5. The number of sulfonamides is 1. The molecule has 63 heavy (non-hydrogen) atoms. The lowest BCUT2D eigenvalue weighted by atomic mass is 9.85. The average molecular weight is 916 g/mol. The highest BCUT2D eigenvalue weighted by molar-refractivity contribution is 7.91. The Kier molecular flexibility index (Phi) is 12.8. The number of hydrogen-bond acceptors (Lipinski definition) is 11. The van der Waals surface area contributed by atoms with E-state index in [4.69, 9.17) is 9.47 Å². The second-order valence-electron chi connectivity index (χ2n) is 18.8. The van der Waals surface area contributed by atoms with Crippen LogP contribution in [0.3, 0.4) is 0 Å². The maximum atomic E-state index is 14.7. The van der Waals surface area contributed by atoms with E-state index in [1.165, 1.54) is 11.8 Å². The van der Waals surface area contributed by atoms with Crippen LogP contribution in [-0.2, 0) is 53.1 Å². The minimum absolute atomic E-state index is 0. The number of rotatable bonds is 14. The number of hydrogen-bond donors (Lipinski definition) is 4. The van der Waals surface area contributed by atoms with Crippen molar-refractivity contribution in [3.63, 3.8) is 0 Å². The van der Waals surface area contributed by atoms with Gasteiger partial charge in [0.15, 0.2) is 0 Å². The van der Waals surface area contributed by atoms with Crippen molar-refractivity contribution in [1.29, 1.82) is 0 Å². The van der Waals surface area contributed by atoms with E-state index in [1.54, 1.807) is 27.7 Å². The molecule has 2 aromatic rings. The second kappa shape index (κ2) is 17.4. The molecular formula is C43H65F4N7O8S. The highest BCUT2D eigenvalue weighted by Gasteiger charge is 2.63. The number of benzene rings is 2. The number of alkyl halides is 3. The topological polar surface area (TPSA) is 179 Å². The van der Waals surface area contributed by atoms with Crippen LogP contribution in [-0.4, -0.2) is 121 Å². The van der Waals surface area contributed by atoms with Crippen LogP contribution in [0.15, 0.2) is 36.4 Å². The molecule has 2 aromatic carbocycles. The number of morpholine rings is 1. The fraction of sp³-hybridized carbons (Fsp3) is 0.628. The molecule has 0 unspecified atom stereocenters. The molecule has 0 aromatic heterocycles. The van der Waals surface area contributed by atoms with Crippen molar-refractivity contribution < 1.29 is 60.3 Å². The molecule has 2 saturated heterocycles. The number of carbonyl (C=O) groups is 4. The van der Waals surface area contributed by atoms with Crippen molar-refractivity contribution in [2.45, 2.75) is 114 Å². The van der Waals surface area contributed by atoms with Crippen LogP contribution in [0, 0.1) is 17.2 Å². The molecule has 354 valence electrons. The Bertz CT molecular complexity index is 2230. The van der Waals surface area contributed by atoms with Crippen molar-refractivity contribution in [1.82, 2.24) is 24.7 Å². The number of fused-ring (bicyclic) bond motifs is 1. The van der Waals surface area contributed by atoms with Gasteiger partial charge in [-0.1, -0.05) is 40.2 Å². The molecule has 20 heteroatoms. The van der Waals surface area contributed by atoms with Crippen LogP contribution in [0.1, 0.15) is 89.1 Å². The first-order valence-electron chi connectivity index (χ1n) is 21.5. The van der Waals surface area contributed by atoms with E-state index in [2.05, 4.69) is 25.6 Å². The van der Waals surface area contributed by atoms with E-state index < -0.39 is 91.2 Å². The Morgan fingerprint density at radius 1 is 1.00 bits per heavy atom. The lowest BCUT2D eigenvalue weighted by molar-refractivity contribution is -0.141. The summed E-state index contributed by atoms with van der Waals surface area (Å²) in [5.41, 5.74) is -1.48. The normalized spacial score (nSPS) is 24.9. The molecule has 5 atom stereocenters. The fourth-order valence-corrected chi connectivity index (χ4v) is 9.93. The summed E-state index contributed by atoms with van der Waals surface area (Å²) in [7, 11) is -4.07. The zero-order valence-electron chi connectivity index (χ0n) is 36.2. The highest BCUT2D eigenvalue weighted by atomic mass is 32.2. The van der Waals surface area contributed by atoms with E-state index in [9.17, 15) is 45.2 Å². The molecule has 0 radical (unpaired) electrons. The summed E-state index contributed by atoms with van der Waals surface area (Å²) >= 11 is 0. The van der Waals surface area contributed by atoms with Crippen molar-refractivity contribution >= 4 is 45.2 Å². The van der Waals surface area contributed by atoms with Gasteiger partial charge in [-0.25, -0.2) is 17.6 Å². The molecule has 4 amide bonds. The summed E-state index contributed by atoms with van der Waals surface area (Å²) < 4.78 is 94.3. The number of nitrogens with zero attached hydrogens (tertiary/aromatic N) is 3. The van der Waals surface area contributed by atoms with Crippen LogP contribution in [0.25, 0.3) is 0 Å². The largest absolute Gasteiger partial charge is 0.444 e. The third-order valence-electron chi connectivity index (χ3n) is 13.0. The highest BCUT2D eigenvalue weighted by Crippen LogP contribution is 2.48. The molecule has 2 saturated carbocycles. The quantitative estimate of drug-likeness (QED) is 0.168. The van der Waals surface area contributed by atoms with Crippen LogP contribution in [0.4, 0.5) is 33.7 Å². The Hall–Kier alpha value is -4.69. The molecule has 0 bridgehead atoms. The van der Waals surface area contributed by atoms with Gasteiger partial charge in [0, 0.05) is 62.8 Å². The zero-order valence-corrected chi connectivity index (χ0v) is 37.0. The number of likely N-dealkylation sites (tertiary alicyclic amines) is 1. The Morgan fingerprint density at radius 3 is 2.33 bits per heavy atom. The lowest BCUT2D eigenvalue weighted by Crippen LogP contribution is -2.59. The van der Waals surface area contributed by atoms with Crippen LogP contribution < -0.4 is 20.7 Å². The van der Waals surface area contributed by atoms with E-state index in [0.29, 0.717) is 44.6 Å². The predicted octanol–water partition coefficient (Wildman–Crippen LogP) is 5.80. The SMILES string of the molecule is CC[C@@H]1C[C@]1(NC(=O)[C@@H]1C[C@@H](OC(=O)N2Cc3ccc(NCCN4CCOCC4)cc3C2)CN1C(=O)[C@@H](Nc1cc(F)cc(C(F)(F)F)c1)C(C)(C)C)C(=O)NS(=O)(=O)C1(C)CC1.[HH].[HH].[HH].[HH]. The van der Waals surface area contributed by atoms with Crippen LogP contribution in [0.2, 0.25) is 0 Å².